The second-order valence-corrected chi connectivity index (χ2v) is 6.31. The number of nitrogens with zero attached hydrogens (tertiary/aromatic N) is 3. The Balaban J connectivity index is 1.66. The Morgan fingerprint density at radius 3 is 2.31 bits per heavy atom. The molecule has 5 heteroatoms. The number of rotatable bonds is 6. The van der Waals surface area contributed by atoms with E-state index in [4.69, 9.17) is 0 Å². The second-order valence-electron chi connectivity index (χ2n) is 6.31. The van der Waals surface area contributed by atoms with Crippen molar-refractivity contribution in [2.75, 3.05) is 25.0 Å². The number of carbonyl (C=O) groups excluding carboxylic acids is 1. The van der Waals surface area contributed by atoms with Crippen LogP contribution < -0.4 is 10.2 Å². The van der Waals surface area contributed by atoms with Gasteiger partial charge in [-0.3, -0.25) is 4.79 Å². The average molecular weight is 348 g/mol. The summed E-state index contributed by atoms with van der Waals surface area (Å²) >= 11 is 0. The SMILES string of the molecule is Cc1nn(-c2ccccc2)c(C)c1C(=O)NCCN(C)c1ccccc1. The number of benzene rings is 2. The molecule has 26 heavy (non-hydrogen) atoms. The van der Waals surface area contributed by atoms with Crippen molar-refractivity contribution in [3.63, 3.8) is 0 Å². The molecule has 0 radical (unpaired) electrons. The summed E-state index contributed by atoms with van der Waals surface area (Å²) < 4.78 is 1.82. The molecule has 0 aliphatic rings. The molecule has 0 saturated carbocycles. The van der Waals surface area contributed by atoms with E-state index in [2.05, 4.69) is 27.4 Å². The van der Waals surface area contributed by atoms with Crippen molar-refractivity contribution in [2.45, 2.75) is 13.8 Å². The van der Waals surface area contributed by atoms with E-state index in [1.807, 2.05) is 74.1 Å². The zero-order valence-corrected chi connectivity index (χ0v) is 15.4. The van der Waals surface area contributed by atoms with E-state index in [1.165, 1.54) is 0 Å². The lowest BCUT2D eigenvalue weighted by atomic mass is 10.2. The first-order valence-corrected chi connectivity index (χ1v) is 8.74. The van der Waals surface area contributed by atoms with Crippen LogP contribution in [0, 0.1) is 13.8 Å². The zero-order chi connectivity index (χ0) is 18.5. The second kappa shape index (κ2) is 7.87. The lowest BCUT2D eigenvalue weighted by Crippen LogP contribution is -2.33. The summed E-state index contributed by atoms with van der Waals surface area (Å²) in [5, 5.41) is 7.55. The Kier molecular flexibility index (Phi) is 5.37. The largest absolute Gasteiger partial charge is 0.373 e. The molecule has 3 aromatic rings. The molecule has 0 fully saturated rings. The molecule has 0 unspecified atom stereocenters. The number of aromatic nitrogens is 2. The number of para-hydroxylation sites is 2. The van der Waals surface area contributed by atoms with Crippen LogP contribution >= 0.6 is 0 Å². The van der Waals surface area contributed by atoms with Crippen LogP contribution in [-0.4, -0.2) is 35.8 Å². The van der Waals surface area contributed by atoms with Gasteiger partial charge in [0.1, 0.15) is 0 Å². The molecule has 0 aliphatic carbocycles. The summed E-state index contributed by atoms with van der Waals surface area (Å²) in [6, 6.07) is 20.0. The minimum absolute atomic E-state index is 0.0800. The minimum Gasteiger partial charge on any atom is -0.373 e. The number of aryl methyl sites for hydroxylation is 1. The van der Waals surface area contributed by atoms with Crippen LogP contribution in [0.15, 0.2) is 60.7 Å². The number of hydrogen-bond acceptors (Lipinski definition) is 3. The fraction of sp³-hybridized carbons (Fsp3) is 0.238. The van der Waals surface area contributed by atoms with Gasteiger partial charge in [0, 0.05) is 25.8 Å². The summed E-state index contributed by atoms with van der Waals surface area (Å²) in [6.45, 7) is 5.11. The maximum atomic E-state index is 12.7. The fourth-order valence-corrected chi connectivity index (χ4v) is 3.03. The van der Waals surface area contributed by atoms with Gasteiger partial charge in [0.2, 0.25) is 0 Å². The highest BCUT2D eigenvalue weighted by Crippen LogP contribution is 2.17. The number of nitrogens with one attached hydrogen (secondary N) is 1. The first-order valence-electron chi connectivity index (χ1n) is 8.74. The minimum atomic E-state index is -0.0800. The van der Waals surface area contributed by atoms with Crippen molar-refractivity contribution >= 4 is 11.6 Å². The molecule has 0 saturated heterocycles. The van der Waals surface area contributed by atoms with Gasteiger partial charge in [-0.15, -0.1) is 0 Å². The highest BCUT2D eigenvalue weighted by Gasteiger charge is 2.19. The smallest absolute Gasteiger partial charge is 0.255 e. The normalized spacial score (nSPS) is 10.6. The Morgan fingerprint density at radius 1 is 1.04 bits per heavy atom. The van der Waals surface area contributed by atoms with Crippen LogP contribution in [0.1, 0.15) is 21.7 Å². The molecule has 1 heterocycles. The van der Waals surface area contributed by atoms with Crippen LogP contribution in [0.25, 0.3) is 5.69 Å². The van der Waals surface area contributed by atoms with Crippen molar-refractivity contribution in [3.05, 3.63) is 77.6 Å². The number of carbonyl (C=O) groups is 1. The third-order valence-corrected chi connectivity index (χ3v) is 4.45. The molecule has 0 bridgehead atoms. The predicted molar refractivity (Wildman–Crippen MR) is 105 cm³/mol. The van der Waals surface area contributed by atoms with E-state index in [-0.39, 0.29) is 5.91 Å². The standard InChI is InChI=1S/C21H24N4O/c1-16-20(17(2)25(23-16)19-12-8-5-9-13-19)21(26)22-14-15-24(3)18-10-6-4-7-11-18/h4-13H,14-15H2,1-3H3,(H,22,26). The Labute approximate surface area is 154 Å². The van der Waals surface area contributed by atoms with Crippen LogP contribution in [0.4, 0.5) is 5.69 Å². The molecule has 1 N–H and O–H groups in total. The number of hydrogen-bond donors (Lipinski definition) is 1. The van der Waals surface area contributed by atoms with Crippen LogP contribution in [0.2, 0.25) is 0 Å². The molecule has 2 aromatic carbocycles. The molecule has 5 nitrogen and oxygen atoms in total. The predicted octanol–water partition coefficient (Wildman–Crippen LogP) is 3.36. The summed E-state index contributed by atoms with van der Waals surface area (Å²) in [6.07, 6.45) is 0. The Bertz CT molecular complexity index is 872. The lowest BCUT2D eigenvalue weighted by Gasteiger charge is -2.19. The van der Waals surface area contributed by atoms with E-state index in [1.54, 1.807) is 0 Å². The average Bonchev–Trinajstić information content (AvgIpc) is 2.97. The van der Waals surface area contributed by atoms with Gasteiger partial charge in [0.15, 0.2) is 0 Å². The number of anilines is 1. The maximum absolute atomic E-state index is 12.7. The lowest BCUT2D eigenvalue weighted by molar-refractivity contribution is 0.0953. The van der Waals surface area contributed by atoms with E-state index >= 15 is 0 Å². The number of amides is 1. The van der Waals surface area contributed by atoms with Crippen molar-refractivity contribution < 1.29 is 4.79 Å². The van der Waals surface area contributed by atoms with Crippen molar-refractivity contribution in [2.24, 2.45) is 0 Å². The molecule has 134 valence electrons. The summed E-state index contributed by atoms with van der Waals surface area (Å²) in [5.74, 6) is -0.0800. The van der Waals surface area contributed by atoms with Crippen molar-refractivity contribution in [3.8, 4) is 5.69 Å². The van der Waals surface area contributed by atoms with Crippen LogP contribution in [0.3, 0.4) is 0 Å². The highest BCUT2D eigenvalue weighted by molar-refractivity contribution is 5.96. The van der Waals surface area contributed by atoms with Gasteiger partial charge in [-0.25, -0.2) is 4.68 Å². The Hall–Kier alpha value is -3.08. The van der Waals surface area contributed by atoms with Crippen LogP contribution in [-0.2, 0) is 0 Å². The molecule has 0 spiro atoms. The number of likely N-dealkylation sites (N-methyl/N-ethyl adjacent to an activating group) is 1. The van der Waals surface area contributed by atoms with E-state index in [0.29, 0.717) is 12.1 Å². The maximum Gasteiger partial charge on any atom is 0.255 e. The quantitative estimate of drug-likeness (QED) is 0.743. The Morgan fingerprint density at radius 2 is 1.65 bits per heavy atom. The highest BCUT2D eigenvalue weighted by atomic mass is 16.1. The van der Waals surface area contributed by atoms with E-state index in [9.17, 15) is 4.79 Å². The topological polar surface area (TPSA) is 50.2 Å². The summed E-state index contributed by atoms with van der Waals surface area (Å²) in [4.78, 5) is 14.8. The van der Waals surface area contributed by atoms with Gasteiger partial charge in [0.25, 0.3) is 5.91 Å². The molecule has 1 amide bonds. The monoisotopic (exact) mass is 348 g/mol. The zero-order valence-electron chi connectivity index (χ0n) is 15.4. The van der Waals surface area contributed by atoms with E-state index in [0.717, 1.165) is 29.3 Å². The van der Waals surface area contributed by atoms with E-state index < -0.39 is 0 Å². The first kappa shape index (κ1) is 17.7. The van der Waals surface area contributed by atoms with Crippen molar-refractivity contribution in [1.29, 1.82) is 0 Å². The van der Waals surface area contributed by atoms with Crippen molar-refractivity contribution in [1.82, 2.24) is 15.1 Å². The molecule has 1 aromatic heterocycles. The van der Waals surface area contributed by atoms with Crippen LogP contribution in [0.5, 0.6) is 0 Å². The summed E-state index contributed by atoms with van der Waals surface area (Å²) in [5.41, 5.74) is 4.32. The molecule has 0 aliphatic heterocycles. The summed E-state index contributed by atoms with van der Waals surface area (Å²) in [7, 11) is 2.02. The third kappa shape index (κ3) is 3.77. The molecule has 3 rings (SSSR count). The van der Waals surface area contributed by atoms with Gasteiger partial charge in [-0.1, -0.05) is 36.4 Å². The molecule has 0 atom stereocenters. The van der Waals surface area contributed by atoms with Gasteiger partial charge < -0.3 is 10.2 Å². The first-order chi connectivity index (χ1) is 12.6. The van der Waals surface area contributed by atoms with Gasteiger partial charge in [0.05, 0.1) is 22.6 Å². The third-order valence-electron chi connectivity index (χ3n) is 4.45. The molecular formula is C21H24N4O. The molecular weight excluding hydrogens is 324 g/mol. The van der Waals surface area contributed by atoms with Gasteiger partial charge >= 0.3 is 0 Å². The van der Waals surface area contributed by atoms with Gasteiger partial charge in [-0.05, 0) is 38.1 Å². The van der Waals surface area contributed by atoms with Gasteiger partial charge in [-0.2, -0.15) is 5.10 Å². The fourth-order valence-electron chi connectivity index (χ4n) is 3.03.